The van der Waals surface area contributed by atoms with Crippen molar-refractivity contribution in [2.75, 3.05) is 45.1 Å². The van der Waals surface area contributed by atoms with Gasteiger partial charge in [0.1, 0.15) is 5.82 Å². The number of nitrogens with two attached hydrogens (primary N) is 2. The van der Waals surface area contributed by atoms with E-state index in [9.17, 15) is 0 Å². The summed E-state index contributed by atoms with van der Waals surface area (Å²) >= 11 is 0. The fourth-order valence-corrected chi connectivity index (χ4v) is 3.01. The number of nitrogens with zero attached hydrogens (tertiary/aromatic N) is 2. The first-order chi connectivity index (χ1) is 10.2. The number of aromatic nitrogens is 1. The minimum absolute atomic E-state index is 0. The first kappa shape index (κ1) is 29.7. The van der Waals surface area contributed by atoms with E-state index in [-0.39, 0.29) is 56.2 Å². The van der Waals surface area contributed by atoms with Gasteiger partial charge in [0.25, 0.3) is 0 Å². The Labute approximate surface area is 175 Å². The van der Waals surface area contributed by atoms with E-state index in [4.69, 9.17) is 16.6 Å². The summed E-state index contributed by atoms with van der Waals surface area (Å²) in [6.45, 7) is 4.73. The Morgan fingerprint density at radius 3 is 2.52 bits per heavy atom. The second-order valence-corrected chi connectivity index (χ2v) is 5.70. The van der Waals surface area contributed by atoms with Gasteiger partial charge >= 0.3 is 0 Å². The van der Waals surface area contributed by atoms with Gasteiger partial charge in [0.05, 0.1) is 0 Å². The summed E-state index contributed by atoms with van der Waals surface area (Å²) in [5, 5.41) is 12.5. The highest BCUT2D eigenvalue weighted by molar-refractivity contribution is 5.86. The molecule has 6 nitrogen and oxygen atoms in total. The number of nitrogen functional groups attached to an aromatic ring is 1. The van der Waals surface area contributed by atoms with Crippen LogP contribution in [0.4, 0.5) is 5.82 Å². The van der Waals surface area contributed by atoms with Crippen LogP contribution in [-0.2, 0) is 6.42 Å². The molecule has 1 aromatic rings. The standard InChI is InChI=1S/C15H27N5O.4ClH/c16-5-7-20-10-12(14(11-20)18-6-2-8-21)9-13-3-1-4-15(17)19-13;;;;/h1,3-4,12,14,18,21H,2,5-11,16H2,(H2,17,19);4*1H/t12-,14+;;;;/m0..../s1. The first-order valence-corrected chi connectivity index (χ1v) is 7.71. The third kappa shape index (κ3) is 10.0. The second-order valence-electron chi connectivity index (χ2n) is 5.70. The van der Waals surface area contributed by atoms with Crippen molar-refractivity contribution in [2.45, 2.75) is 18.9 Å². The molecule has 2 atom stereocenters. The summed E-state index contributed by atoms with van der Waals surface area (Å²) in [6, 6.07) is 6.23. The molecule has 0 aromatic carbocycles. The Kier molecular flexibility index (Phi) is 19.2. The van der Waals surface area contributed by atoms with E-state index < -0.39 is 0 Å². The molecule has 0 radical (unpaired) electrons. The fourth-order valence-electron chi connectivity index (χ4n) is 3.01. The molecule has 0 unspecified atom stereocenters. The van der Waals surface area contributed by atoms with E-state index in [2.05, 4.69) is 15.2 Å². The van der Waals surface area contributed by atoms with Crippen LogP contribution in [0.1, 0.15) is 12.1 Å². The van der Waals surface area contributed by atoms with Crippen LogP contribution in [0.5, 0.6) is 0 Å². The molecule has 1 aliphatic rings. The predicted octanol–water partition coefficient (Wildman–Crippen LogP) is 1.12. The SMILES string of the molecule is Cl.Cl.Cl.Cl.NCCN1C[C@H](Cc2cccc(N)n2)[C@H](NCCCO)C1. The van der Waals surface area contributed by atoms with E-state index in [1.54, 1.807) is 0 Å². The van der Waals surface area contributed by atoms with Gasteiger partial charge in [-0.15, -0.1) is 49.6 Å². The molecule has 1 fully saturated rings. The molecule has 6 N–H and O–H groups in total. The first-order valence-electron chi connectivity index (χ1n) is 7.71. The summed E-state index contributed by atoms with van der Waals surface area (Å²) in [7, 11) is 0. The van der Waals surface area contributed by atoms with Crippen molar-refractivity contribution < 1.29 is 5.11 Å². The monoisotopic (exact) mass is 437 g/mol. The Hall–Kier alpha value is -0.0500. The van der Waals surface area contributed by atoms with Crippen molar-refractivity contribution in [1.29, 1.82) is 0 Å². The lowest BCUT2D eigenvalue weighted by Gasteiger charge is -2.19. The van der Waals surface area contributed by atoms with E-state index in [1.165, 1.54) is 0 Å². The predicted molar refractivity (Wildman–Crippen MR) is 114 cm³/mol. The van der Waals surface area contributed by atoms with Crippen molar-refractivity contribution in [3.05, 3.63) is 23.9 Å². The number of hydrogen-bond acceptors (Lipinski definition) is 6. The van der Waals surface area contributed by atoms with Crippen LogP contribution in [0, 0.1) is 5.92 Å². The molecular formula is C15H31Cl4N5O. The van der Waals surface area contributed by atoms with Crippen molar-refractivity contribution in [1.82, 2.24) is 15.2 Å². The molecule has 2 rings (SSSR count). The van der Waals surface area contributed by atoms with E-state index >= 15 is 0 Å². The molecule has 1 aliphatic heterocycles. The van der Waals surface area contributed by atoms with Crippen molar-refractivity contribution in [3.8, 4) is 0 Å². The summed E-state index contributed by atoms with van der Waals surface area (Å²) < 4.78 is 0. The van der Waals surface area contributed by atoms with Gasteiger partial charge in [-0.1, -0.05) is 6.07 Å². The van der Waals surface area contributed by atoms with Crippen LogP contribution in [0.2, 0.25) is 0 Å². The molecule has 0 aliphatic carbocycles. The van der Waals surface area contributed by atoms with E-state index in [1.807, 2.05) is 18.2 Å². The third-order valence-corrected chi connectivity index (χ3v) is 4.00. The maximum Gasteiger partial charge on any atom is 0.123 e. The highest BCUT2D eigenvalue weighted by Gasteiger charge is 2.32. The Bertz CT molecular complexity index is 444. The number of anilines is 1. The average molecular weight is 439 g/mol. The zero-order chi connectivity index (χ0) is 15.1. The molecule has 150 valence electrons. The Morgan fingerprint density at radius 2 is 1.92 bits per heavy atom. The summed E-state index contributed by atoms with van der Waals surface area (Å²) in [5.74, 6) is 1.08. The average Bonchev–Trinajstić information content (AvgIpc) is 2.82. The minimum Gasteiger partial charge on any atom is -0.396 e. The quantitative estimate of drug-likeness (QED) is 0.454. The fraction of sp³-hybridized carbons (Fsp3) is 0.667. The Balaban J connectivity index is -0.00000121. The van der Waals surface area contributed by atoms with E-state index in [0.29, 0.717) is 24.3 Å². The maximum atomic E-state index is 8.92. The molecule has 0 spiro atoms. The topological polar surface area (TPSA) is 100 Å². The zero-order valence-electron chi connectivity index (χ0n) is 14.2. The lowest BCUT2D eigenvalue weighted by atomic mass is 9.97. The molecule has 0 amide bonds. The van der Waals surface area contributed by atoms with Crippen molar-refractivity contribution in [3.63, 3.8) is 0 Å². The molecule has 2 heterocycles. The van der Waals surface area contributed by atoms with Crippen LogP contribution >= 0.6 is 49.6 Å². The number of pyridine rings is 1. The number of halogens is 4. The molecule has 1 aromatic heterocycles. The van der Waals surface area contributed by atoms with Crippen LogP contribution < -0.4 is 16.8 Å². The minimum atomic E-state index is 0. The van der Waals surface area contributed by atoms with Gasteiger partial charge in [-0.2, -0.15) is 0 Å². The van der Waals surface area contributed by atoms with Gasteiger partial charge in [0.2, 0.25) is 0 Å². The summed E-state index contributed by atoms with van der Waals surface area (Å²) in [6.07, 6.45) is 1.71. The Morgan fingerprint density at radius 1 is 1.20 bits per heavy atom. The maximum absolute atomic E-state index is 8.92. The molecule has 25 heavy (non-hydrogen) atoms. The highest BCUT2D eigenvalue weighted by Crippen LogP contribution is 2.21. The number of rotatable bonds is 8. The van der Waals surface area contributed by atoms with Crippen molar-refractivity contribution in [2.24, 2.45) is 11.7 Å². The molecule has 10 heteroatoms. The van der Waals surface area contributed by atoms with E-state index in [0.717, 1.165) is 44.7 Å². The smallest absolute Gasteiger partial charge is 0.123 e. The van der Waals surface area contributed by atoms with Gasteiger partial charge in [-0.25, -0.2) is 4.98 Å². The number of hydrogen-bond donors (Lipinski definition) is 4. The van der Waals surface area contributed by atoms with Gasteiger partial charge in [-0.05, 0) is 37.4 Å². The van der Waals surface area contributed by atoms with Crippen LogP contribution in [0.3, 0.4) is 0 Å². The van der Waals surface area contributed by atoms with Gasteiger partial charge in [0, 0.05) is 44.5 Å². The number of nitrogens with one attached hydrogen (secondary N) is 1. The molecule has 1 saturated heterocycles. The number of likely N-dealkylation sites (tertiary alicyclic amines) is 1. The normalized spacial score (nSPS) is 19.1. The van der Waals surface area contributed by atoms with Crippen molar-refractivity contribution >= 4 is 55.4 Å². The lowest BCUT2D eigenvalue weighted by molar-refractivity contribution is 0.279. The number of aliphatic hydroxyl groups is 1. The van der Waals surface area contributed by atoms with Gasteiger partial charge in [0.15, 0.2) is 0 Å². The second kappa shape index (κ2) is 16.1. The van der Waals surface area contributed by atoms with Crippen LogP contribution in [0.25, 0.3) is 0 Å². The third-order valence-electron chi connectivity index (χ3n) is 4.00. The molecule has 0 bridgehead atoms. The van der Waals surface area contributed by atoms with Crippen LogP contribution in [0.15, 0.2) is 18.2 Å². The van der Waals surface area contributed by atoms with Gasteiger partial charge < -0.3 is 26.8 Å². The largest absolute Gasteiger partial charge is 0.396 e. The number of aliphatic hydroxyl groups excluding tert-OH is 1. The lowest BCUT2D eigenvalue weighted by Crippen LogP contribution is -2.38. The molecule has 0 saturated carbocycles. The molecular weight excluding hydrogens is 408 g/mol. The van der Waals surface area contributed by atoms with Gasteiger partial charge in [-0.3, -0.25) is 0 Å². The zero-order valence-corrected chi connectivity index (χ0v) is 17.4. The highest BCUT2D eigenvalue weighted by atomic mass is 35.5. The van der Waals surface area contributed by atoms with Crippen LogP contribution in [-0.4, -0.2) is 60.4 Å². The summed E-state index contributed by atoms with van der Waals surface area (Å²) in [5.41, 5.74) is 12.5. The summed E-state index contributed by atoms with van der Waals surface area (Å²) in [4.78, 5) is 6.80.